The van der Waals surface area contributed by atoms with Crippen molar-refractivity contribution in [3.63, 3.8) is 0 Å². The summed E-state index contributed by atoms with van der Waals surface area (Å²) in [5.74, 6) is 0. The van der Waals surface area contributed by atoms with Crippen LogP contribution < -0.4 is 0 Å². The summed E-state index contributed by atoms with van der Waals surface area (Å²) in [4.78, 5) is 7.84. The van der Waals surface area contributed by atoms with Crippen molar-refractivity contribution < 1.29 is 4.42 Å². The SMILES string of the molecule is Cn1cc(-c2ccc3[nH]nc(-c4cc5c(-c6ccoc6)cncc5[nH]4)c3c2)cn1. The number of benzene rings is 1. The van der Waals surface area contributed by atoms with Crippen LogP contribution in [0.2, 0.25) is 0 Å². The average Bonchev–Trinajstić information content (AvgIpc) is 3.51. The zero-order valence-corrected chi connectivity index (χ0v) is 15.5. The predicted molar refractivity (Wildman–Crippen MR) is 111 cm³/mol. The highest BCUT2D eigenvalue weighted by Crippen LogP contribution is 2.34. The molecule has 7 nitrogen and oxygen atoms in total. The molecule has 29 heavy (non-hydrogen) atoms. The molecule has 2 N–H and O–H groups in total. The number of aromatic amines is 2. The minimum Gasteiger partial charge on any atom is -0.472 e. The molecule has 0 spiro atoms. The van der Waals surface area contributed by atoms with Gasteiger partial charge in [0.15, 0.2) is 0 Å². The molecule has 0 saturated heterocycles. The van der Waals surface area contributed by atoms with Gasteiger partial charge in [0.25, 0.3) is 0 Å². The second-order valence-corrected chi connectivity index (χ2v) is 7.08. The highest BCUT2D eigenvalue weighted by atomic mass is 16.3. The van der Waals surface area contributed by atoms with Crippen LogP contribution in [0.1, 0.15) is 0 Å². The molecule has 0 radical (unpaired) electrons. The van der Waals surface area contributed by atoms with Gasteiger partial charge in [0.05, 0.1) is 41.6 Å². The Labute approximate surface area is 165 Å². The Morgan fingerprint density at radius 2 is 1.90 bits per heavy atom. The smallest absolute Gasteiger partial charge is 0.116 e. The number of furan rings is 1. The van der Waals surface area contributed by atoms with Crippen molar-refractivity contribution in [2.75, 3.05) is 0 Å². The number of aromatic nitrogens is 6. The summed E-state index contributed by atoms with van der Waals surface area (Å²) < 4.78 is 7.05. The molecule has 7 heteroatoms. The molecule has 0 fully saturated rings. The van der Waals surface area contributed by atoms with E-state index < -0.39 is 0 Å². The van der Waals surface area contributed by atoms with Crippen LogP contribution in [0.15, 0.2) is 72.1 Å². The monoisotopic (exact) mass is 380 g/mol. The molecule has 0 saturated carbocycles. The number of hydrogen-bond donors (Lipinski definition) is 2. The topological polar surface area (TPSA) is 88.3 Å². The first-order valence-corrected chi connectivity index (χ1v) is 9.23. The van der Waals surface area contributed by atoms with Crippen molar-refractivity contribution in [3.8, 4) is 33.6 Å². The van der Waals surface area contributed by atoms with Gasteiger partial charge in [-0.25, -0.2) is 0 Å². The number of aryl methyl sites for hydroxylation is 1. The molecular formula is C22H16N6O. The first-order chi connectivity index (χ1) is 14.3. The van der Waals surface area contributed by atoms with Crippen LogP contribution in [0.25, 0.3) is 55.4 Å². The van der Waals surface area contributed by atoms with Crippen LogP contribution in [-0.4, -0.2) is 29.9 Å². The highest BCUT2D eigenvalue weighted by Gasteiger charge is 2.15. The summed E-state index contributed by atoms with van der Waals surface area (Å²) >= 11 is 0. The van der Waals surface area contributed by atoms with Crippen LogP contribution in [0.5, 0.6) is 0 Å². The third-order valence-electron chi connectivity index (χ3n) is 5.23. The van der Waals surface area contributed by atoms with Gasteiger partial charge in [0, 0.05) is 46.9 Å². The normalized spacial score (nSPS) is 11.6. The Hall–Kier alpha value is -4.13. The van der Waals surface area contributed by atoms with E-state index in [0.717, 1.165) is 55.4 Å². The van der Waals surface area contributed by atoms with Crippen molar-refractivity contribution in [2.24, 2.45) is 7.05 Å². The maximum absolute atomic E-state index is 5.25. The van der Waals surface area contributed by atoms with Crippen LogP contribution >= 0.6 is 0 Å². The van der Waals surface area contributed by atoms with Crippen molar-refractivity contribution in [3.05, 3.63) is 67.6 Å². The number of rotatable bonds is 3. The largest absolute Gasteiger partial charge is 0.472 e. The van der Waals surface area contributed by atoms with E-state index in [-0.39, 0.29) is 0 Å². The molecular weight excluding hydrogens is 364 g/mol. The zero-order chi connectivity index (χ0) is 19.4. The summed E-state index contributed by atoms with van der Waals surface area (Å²) in [5, 5.41) is 14.1. The summed E-state index contributed by atoms with van der Waals surface area (Å²) in [6.07, 6.45) is 11.0. The fraction of sp³-hybridized carbons (Fsp3) is 0.0455. The number of nitrogens with one attached hydrogen (secondary N) is 2. The maximum Gasteiger partial charge on any atom is 0.116 e. The van der Waals surface area contributed by atoms with Crippen LogP contribution in [0.3, 0.4) is 0 Å². The highest BCUT2D eigenvalue weighted by molar-refractivity contribution is 6.01. The molecule has 5 aromatic heterocycles. The molecule has 0 bridgehead atoms. The number of fused-ring (bicyclic) bond motifs is 2. The van der Waals surface area contributed by atoms with Gasteiger partial charge in [-0.3, -0.25) is 14.8 Å². The van der Waals surface area contributed by atoms with Crippen LogP contribution in [-0.2, 0) is 7.05 Å². The summed E-state index contributed by atoms with van der Waals surface area (Å²) in [5.41, 5.74) is 7.95. The standard InChI is InChI=1S/C22H16N6O/c1-28-11-15(8-24-28)13-2-3-19-17(6-13)22(27-26-19)20-7-16-18(14-4-5-29-12-14)9-23-10-21(16)25-20/h2-12,25H,1H3,(H,26,27). The van der Waals surface area contributed by atoms with Gasteiger partial charge < -0.3 is 9.40 Å². The van der Waals surface area contributed by atoms with Gasteiger partial charge in [0.1, 0.15) is 5.69 Å². The van der Waals surface area contributed by atoms with Gasteiger partial charge >= 0.3 is 0 Å². The molecule has 6 rings (SSSR count). The van der Waals surface area contributed by atoms with E-state index >= 15 is 0 Å². The van der Waals surface area contributed by atoms with Crippen LogP contribution in [0.4, 0.5) is 0 Å². The lowest BCUT2D eigenvalue weighted by Crippen LogP contribution is -1.84. The Morgan fingerprint density at radius 3 is 2.72 bits per heavy atom. The third kappa shape index (κ3) is 2.48. The Morgan fingerprint density at radius 1 is 0.931 bits per heavy atom. The Kier molecular flexibility index (Phi) is 3.25. The summed E-state index contributed by atoms with van der Waals surface area (Å²) in [6, 6.07) is 10.3. The lowest BCUT2D eigenvalue weighted by atomic mass is 10.0. The minimum absolute atomic E-state index is 0.875. The maximum atomic E-state index is 5.25. The van der Waals surface area contributed by atoms with E-state index in [1.54, 1.807) is 17.2 Å². The second-order valence-electron chi connectivity index (χ2n) is 7.08. The molecule has 6 aromatic rings. The molecule has 0 aliphatic rings. The number of H-pyrrole nitrogens is 2. The third-order valence-corrected chi connectivity index (χ3v) is 5.23. The van der Waals surface area contributed by atoms with E-state index in [9.17, 15) is 0 Å². The van der Waals surface area contributed by atoms with E-state index in [1.807, 2.05) is 37.9 Å². The van der Waals surface area contributed by atoms with Crippen molar-refractivity contribution >= 4 is 21.8 Å². The van der Waals surface area contributed by atoms with Gasteiger partial charge in [0.2, 0.25) is 0 Å². The number of pyridine rings is 1. The van der Waals surface area contributed by atoms with Gasteiger partial charge in [-0.1, -0.05) is 6.07 Å². The molecule has 140 valence electrons. The fourth-order valence-electron chi connectivity index (χ4n) is 3.80. The molecule has 0 unspecified atom stereocenters. The predicted octanol–water partition coefficient (Wildman–Crippen LogP) is 4.77. The van der Waals surface area contributed by atoms with E-state index in [2.05, 4.69) is 49.5 Å². The quantitative estimate of drug-likeness (QED) is 0.463. The van der Waals surface area contributed by atoms with Crippen molar-refractivity contribution in [1.29, 1.82) is 0 Å². The van der Waals surface area contributed by atoms with Crippen molar-refractivity contribution in [1.82, 2.24) is 29.9 Å². The molecule has 5 heterocycles. The van der Waals surface area contributed by atoms with Gasteiger partial charge in [-0.2, -0.15) is 10.2 Å². The van der Waals surface area contributed by atoms with Gasteiger partial charge in [-0.05, 0) is 29.8 Å². The minimum atomic E-state index is 0.875. The fourth-order valence-corrected chi connectivity index (χ4v) is 3.80. The van der Waals surface area contributed by atoms with Crippen molar-refractivity contribution in [2.45, 2.75) is 0 Å². The number of nitrogens with zero attached hydrogens (tertiary/aromatic N) is 4. The Bertz CT molecular complexity index is 1470. The molecule has 0 amide bonds. The lowest BCUT2D eigenvalue weighted by Gasteiger charge is -1.99. The second kappa shape index (κ2) is 5.93. The van der Waals surface area contributed by atoms with Gasteiger partial charge in [-0.15, -0.1) is 0 Å². The molecule has 1 aromatic carbocycles. The molecule has 0 aliphatic carbocycles. The Balaban J connectivity index is 1.53. The average molecular weight is 380 g/mol. The molecule has 0 atom stereocenters. The van der Waals surface area contributed by atoms with E-state index in [1.165, 1.54) is 0 Å². The zero-order valence-electron chi connectivity index (χ0n) is 15.5. The lowest BCUT2D eigenvalue weighted by molar-refractivity contribution is 0.568. The summed E-state index contributed by atoms with van der Waals surface area (Å²) in [7, 11) is 1.92. The molecule has 0 aliphatic heterocycles. The first kappa shape index (κ1) is 15.9. The summed E-state index contributed by atoms with van der Waals surface area (Å²) in [6.45, 7) is 0. The van der Waals surface area contributed by atoms with E-state index in [0.29, 0.717) is 0 Å². The number of hydrogen-bond acceptors (Lipinski definition) is 4. The van der Waals surface area contributed by atoms with Crippen LogP contribution in [0, 0.1) is 0 Å². The van der Waals surface area contributed by atoms with E-state index in [4.69, 9.17) is 4.42 Å². The first-order valence-electron chi connectivity index (χ1n) is 9.23.